The molecule has 0 spiro atoms. The van der Waals surface area contributed by atoms with Crippen LogP contribution in [0.25, 0.3) is 0 Å². The van der Waals surface area contributed by atoms with Crippen molar-refractivity contribution in [2.75, 3.05) is 6.61 Å². The van der Waals surface area contributed by atoms with E-state index in [1.807, 2.05) is 13.8 Å². The summed E-state index contributed by atoms with van der Waals surface area (Å²) in [5, 5.41) is 3.00. The van der Waals surface area contributed by atoms with Gasteiger partial charge in [-0.1, -0.05) is 37.9 Å². The van der Waals surface area contributed by atoms with Crippen LogP contribution in [0, 0.1) is 11.7 Å². The average molecular weight is 329 g/mol. The lowest BCUT2D eigenvalue weighted by Crippen LogP contribution is -2.49. The van der Waals surface area contributed by atoms with Crippen LogP contribution < -0.4 is 11.1 Å². The number of amides is 1. The number of nitrogens with one attached hydrogen (secondary N) is 1. The molecule has 2 rings (SSSR count). The van der Waals surface area contributed by atoms with Gasteiger partial charge in [-0.2, -0.15) is 0 Å². The van der Waals surface area contributed by atoms with E-state index in [-0.39, 0.29) is 29.0 Å². The Bertz CT molecular complexity index is 541. The average Bonchev–Trinajstić information content (AvgIpc) is 2.96. The van der Waals surface area contributed by atoms with Gasteiger partial charge in [-0.3, -0.25) is 4.79 Å². The molecule has 1 saturated heterocycles. The molecule has 1 aromatic carbocycles. The van der Waals surface area contributed by atoms with Gasteiger partial charge in [0.1, 0.15) is 11.9 Å². The van der Waals surface area contributed by atoms with Crippen molar-refractivity contribution in [1.29, 1.82) is 0 Å². The van der Waals surface area contributed by atoms with Gasteiger partial charge in [-0.05, 0) is 30.0 Å². The molecule has 1 aliphatic rings. The Labute approximate surface area is 135 Å². The lowest BCUT2D eigenvalue weighted by Gasteiger charge is -2.24. The van der Waals surface area contributed by atoms with Crippen LogP contribution in [0.3, 0.4) is 0 Å². The summed E-state index contributed by atoms with van der Waals surface area (Å²) in [5.74, 6) is -0.575. The summed E-state index contributed by atoms with van der Waals surface area (Å²) in [6.45, 7) is 4.45. The molecule has 0 saturated carbocycles. The van der Waals surface area contributed by atoms with Crippen LogP contribution in [0.2, 0.25) is 5.02 Å². The molecule has 4 unspecified atom stereocenters. The molecular formula is C16H22ClFN2O2. The second-order valence-corrected chi connectivity index (χ2v) is 6.19. The van der Waals surface area contributed by atoms with Gasteiger partial charge in [0.05, 0.1) is 17.1 Å². The van der Waals surface area contributed by atoms with Crippen LogP contribution in [-0.2, 0) is 9.53 Å². The van der Waals surface area contributed by atoms with E-state index < -0.39 is 11.9 Å². The number of rotatable bonds is 5. The fourth-order valence-corrected chi connectivity index (χ4v) is 2.66. The van der Waals surface area contributed by atoms with Crippen LogP contribution in [0.1, 0.15) is 38.4 Å². The number of ether oxygens (including phenoxy) is 1. The minimum atomic E-state index is -0.548. The minimum absolute atomic E-state index is 0.0705. The zero-order chi connectivity index (χ0) is 16.3. The van der Waals surface area contributed by atoms with Crippen molar-refractivity contribution in [3.63, 3.8) is 0 Å². The summed E-state index contributed by atoms with van der Waals surface area (Å²) < 4.78 is 19.3. The fourth-order valence-electron chi connectivity index (χ4n) is 2.55. The number of hydrogen-bond donors (Lipinski definition) is 2. The first-order chi connectivity index (χ1) is 10.4. The molecule has 1 amide bonds. The molecule has 6 heteroatoms. The molecule has 122 valence electrons. The van der Waals surface area contributed by atoms with Gasteiger partial charge in [-0.25, -0.2) is 4.39 Å². The van der Waals surface area contributed by atoms with Gasteiger partial charge in [0.25, 0.3) is 0 Å². The smallest absolute Gasteiger partial charge is 0.237 e. The zero-order valence-corrected chi connectivity index (χ0v) is 13.6. The molecule has 4 nitrogen and oxygen atoms in total. The van der Waals surface area contributed by atoms with Crippen molar-refractivity contribution in [2.24, 2.45) is 11.7 Å². The fraction of sp³-hybridized carbons (Fsp3) is 0.562. The van der Waals surface area contributed by atoms with Crippen LogP contribution in [0.15, 0.2) is 18.2 Å². The highest BCUT2D eigenvalue weighted by atomic mass is 35.5. The van der Waals surface area contributed by atoms with E-state index in [9.17, 15) is 9.18 Å². The Morgan fingerprint density at radius 2 is 2.32 bits per heavy atom. The number of nitrogens with two attached hydrogens (primary N) is 1. The second-order valence-electron chi connectivity index (χ2n) is 5.78. The molecule has 0 aromatic heterocycles. The Hall–Kier alpha value is -1.17. The topological polar surface area (TPSA) is 64.4 Å². The first kappa shape index (κ1) is 17.2. The molecule has 0 aliphatic carbocycles. The molecule has 1 fully saturated rings. The van der Waals surface area contributed by atoms with Crippen molar-refractivity contribution < 1.29 is 13.9 Å². The summed E-state index contributed by atoms with van der Waals surface area (Å²) >= 11 is 5.70. The Kier molecular flexibility index (Phi) is 5.78. The summed E-state index contributed by atoms with van der Waals surface area (Å²) in [6, 6.07) is 3.82. The van der Waals surface area contributed by atoms with Crippen molar-refractivity contribution in [1.82, 2.24) is 5.32 Å². The molecular weight excluding hydrogens is 307 g/mol. The summed E-state index contributed by atoms with van der Waals surface area (Å²) in [6.07, 6.45) is 1.13. The summed E-state index contributed by atoms with van der Waals surface area (Å²) in [7, 11) is 0. The molecule has 0 radical (unpaired) electrons. The summed E-state index contributed by atoms with van der Waals surface area (Å²) in [5.41, 5.74) is 6.62. The van der Waals surface area contributed by atoms with E-state index in [2.05, 4.69) is 5.32 Å². The third-order valence-corrected chi connectivity index (χ3v) is 4.56. The van der Waals surface area contributed by atoms with Gasteiger partial charge in [0.15, 0.2) is 0 Å². The van der Waals surface area contributed by atoms with Crippen molar-refractivity contribution in [3.05, 3.63) is 34.6 Å². The lowest BCUT2D eigenvalue weighted by molar-refractivity contribution is -0.124. The number of carbonyl (C=O) groups is 1. The van der Waals surface area contributed by atoms with E-state index in [0.29, 0.717) is 18.6 Å². The Morgan fingerprint density at radius 3 is 2.95 bits per heavy atom. The molecule has 3 N–H and O–H groups in total. The van der Waals surface area contributed by atoms with Crippen molar-refractivity contribution in [2.45, 2.75) is 44.9 Å². The standard InChI is InChI=1S/C16H22ClFN2O2/c1-3-9(2)14(19)16(21)20-13-6-7-22-15(13)10-4-5-11(17)12(18)8-10/h4-5,8-9,13-15H,3,6-7,19H2,1-2H3,(H,20,21). The third-order valence-electron chi connectivity index (χ3n) is 4.25. The molecule has 1 heterocycles. The minimum Gasteiger partial charge on any atom is -0.371 e. The van der Waals surface area contributed by atoms with Gasteiger partial charge in [0.2, 0.25) is 5.91 Å². The molecule has 1 aromatic rings. The summed E-state index contributed by atoms with van der Waals surface area (Å²) in [4.78, 5) is 12.2. The van der Waals surface area contributed by atoms with E-state index >= 15 is 0 Å². The molecule has 0 bridgehead atoms. The Morgan fingerprint density at radius 1 is 1.59 bits per heavy atom. The van der Waals surface area contributed by atoms with Gasteiger partial charge >= 0.3 is 0 Å². The van der Waals surface area contributed by atoms with E-state index in [4.69, 9.17) is 22.1 Å². The predicted octanol–water partition coefficient (Wildman–Crippen LogP) is 2.80. The molecule has 1 aliphatic heterocycles. The maximum absolute atomic E-state index is 13.6. The largest absolute Gasteiger partial charge is 0.371 e. The van der Waals surface area contributed by atoms with E-state index in [1.54, 1.807) is 6.07 Å². The molecule has 4 atom stereocenters. The van der Waals surface area contributed by atoms with Gasteiger partial charge in [0, 0.05) is 6.61 Å². The normalized spacial score (nSPS) is 24.0. The zero-order valence-electron chi connectivity index (χ0n) is 12.8. The highest BCUT2D eigenvalue weighted by molar-refractivity contribution is 6.30. The van der Waals surface area contributed by atoms with Gasteiger partial charge < -0.3 is 15.8 Å². The van der Waals surface area contributed by atoms with E-state index in [0.717, 1.165) is 6.42 Å². The SMILES string of the molecule is CCC(C)C(N)C(=O)NC1CCOC1c1ccc(Cl)c(F)c1. The third kappa shape index (κ3) is 3.77. The number of hydrogen-bond acceptors (Lipinski definition) is 3. The van der Waals surface area contributed by atoms with E-state index in [1.165, 1.54) is 12.1 Å². The van der Waals surface area contributed by atoms with Crippen LogP contribution in [-0.4, -0.2) is 24.6 Å². The van der Waals surface area contributed by atoms with Crippen molar-refractivity contribution >= 4 is 17.5 Å². The highest BCUT2D eigenvalue weighted by Crippen LogP contribution is 2.31. The van der Waals surface area contributed by atoms with Crippen LogP contribution in [0.4, 0.5) is 4.39 Å². The lowest BCUT2D eigenvalue weighted by atomic mass is 9.97. The van der Waals surface area contributed by atoms with Gasteiger partial charge in [-0.15, -0.1) is 0 Å². The first-order valence-electron chi connectivity index (χ1n) is 7.56. The number of carbonyl (C=O) groups excluding carboxylic acids is 1. The Balaban J connectivity index is 2.07. The number of halogens is 2. The monoisotopic (exact) mass is 328 g/mol. The van der Waals surface area contributed by atoms with Crippen molar-refractivity contribution in [3.8, 4) is 0 Å². The highest BCUT2D eigenvalue weighted by Gasteiger charge is 2.33. The predicted molar refractivity (Wildman–Crippen MR) is 84.1 cm³/mol. The first-order valence-corrected chi connectivity index (χ1v) is 7.94. The van der Waals surface area contributed by atoms with Crippen LogP contribution in [0.5, 0.6) is 0 Å². The quantitative estimate of drug-likeness (QED) is 0.873. The number of benzene rings is 1. The maximum atomic E-state index is 13.6. The second kappa shape index (κ2) is 7.40. The van der Waals surface area contributed by atoms with Crippen LogP contribution >= 0.6 is 11.6 Å². The maximum Gasteiger partial charge on any atom is 0.237 e. The molecule has 22 heavy (non-hydrogen) atoms.